The van der Waals surface area contributed by atoms with Gasteiger partial charge < -0.3 is 0 Å². The molecule has 0 aromatic carbocycles. The van der Waals surface area contributed by atoms with Gasteiger partial charge in [-0.2, -0.15) is 0 Å². The van der Waals surface area contributed by atoms with Crippen LogP contribution in [0.1, 0.15) is 53.4 Å². The number of unbranched alkanes of at least 4 members (excludes halogenated alkanes) is 2. The van der Waals surface area contributed by atoms with Gasteiger partial charge in [-0.05, 0) is 0 Å². The standard InChI is InChI=1S/C14H30O12Si8.2C4H9.Sn/c1-11-13-33(17-27(3,4)5)24-31(9)19-28(6,15)18-30(8)20-29(7,16)21-34(26-33,14-12-2)25-32(10,22-30)23-31;2*1-3-4-2;/h1-10H3;2*1,3-4H2,2H3;/q-2;;;+2. The Hall–Kier alpha value is 1.17. The molecule has 7 unspecified atom stereocenters. The summed E-state index contributed by atoms with van der Waals surface area (Å²) in [6.45, 7) is 22.9. The number of rotatable bonds is 8. The summed E-state index contributed by atoms with van der Waals surface area (Å²) >= 11 is -4.11. The fourth-order valence-electron chi connectivity index (χ4n) is 5.81. The third-order valence-electron chi connectivity index (χ3n) is 6.64. The molecule has 12 nitrogen and oxygen atoms in total. The van der Waals surface area contributed by atoms with Gasteiger partial charge in [0.05, 0.1) is 0 Å². The minimum atomic E-state index is -4.14. The second kappa shape index (κ2) is 12.9. The zero-order valence-electron chi connectivity index (χ0n) is 27.6. The minimum absolute atomic E-state index is 0.788. The molecule has 4 aliphatic heterocycles. The van der Waals surface area contributed by atoms with E-state index in [1.807, 2.05) is 32.7 Å². The predicted molar refractivity (Wildman–Crippen MR) is 178 cm³/mol. The molecule has 4 saturated heterocycles. The number of hydrogen-bond acceptors (Lipinski definition) is 12. The van der Waals surface area contributed by atoms with Gasteiger partial charge in [0.1, 0.15) is 0 Å². The zero-order valence-corrected chi connectivity index (χ0v) is 38.5. The Balaban J connectivity index is 2.04. The fraction of sp³-hybridized carbons (Fsp3) is 0.818. The van der Waals surface area contributed by atoms with Crippen molar-refractivity contribution in [2.24, 2.45) is 0 Å². The zero-order chi connectivity index (χ0) is 32.1. The molecular formula is C22H48O12Si8Sn. The van der Waals surface area contributed by atoms with Gasteiger partial charge in [-0.1, -0.05) is 0 Å². The van der Waals surface area contributed by atoms with E-state index in [2.05, 4.69) is 36.8 Å². The molecule has 43 heavy (non-hydrogen) atoms. The van der Waals surface area contributed by atoms with Gasteiger partial charge >= 0.3 is 273 Å². The summed E-state index contributed by atoms with van der Waals surface area (Å²) in [5.74, 6) is 5.95. The molecule has 0 aliphatic carbocycles. The van der Waals surface area contributed by atoms with Crippen LogP contribution in [0, 0.1) is 22.9 Å². The first-order chi connectivity index (χ1) is 19.7. The monoisotopic (exact) mass is 848 g/mol. The normalized spacial score (nSPS) is 43.9. The topological polar surface area (TPSA) is 111 Å². The fourth-order valence-corrected chi connectivity index (χ4v) is 69.6. The molecule has 0 N–H and O–H groups in total. The van der Waals surface area contributed by atoms with E-state index >= 15 is 0 Å². The van der Waals surface area contributed by atoms with E-state index in [0.717, 1.165) is 34.6 Å². The third-order valence-corrected chi connectivity index (χ3v) is 56.5. The molecule has 4 fully saturated rings. The van der Waals surface area contributed by atoms with Crippen LogP contribution in [0.3, 0.4) is 0 Å². The van der Waals surface area contributed by atoms with E-state index < -0.39 is 89.2 Å². The molecule has 244 valence electrons. The third kappa shape index (κ3) is 8.80. The van der Waals surface area contributed by atoms with Crippen LogP contribution in [-0.2, 0) is 46.7 Å². The Labute approximate surface area is 271 Å². The van der Waals surface area contributed by atoms with Gasteiger partial charge in [0.25, 0.3) is 0 Å². The van der Waals surface area contributed by atoms with Crippen LogP contribution in [0.5, 0.6) is 0 Å². The van der Waals surface area contributed by atoms with E-state index in [4.69, 9.17) is 46.7 Å². The molecule has 4 rings (SSSR count). The van der Waals surface area contributed by atoms with Gasteiger partial charge in [-0.25, -0.2) is 0 Å². The Morgan fingerprint density at radius 3 is 1.47 bits per heavy atom. The summed E-state index contributed by atoms with van der Waals surface area (Å²) < 4.78 is 85.0. The molecule has 21 heteroatoms. The van der Waals surface area contributed by atoms with Crippen LogP contribution in [-0.4, -0.2) is 89.2 Å². The quantitative estimate of drug-likeness (QED) is 0.243. The molecule has 0 saturated carbocycles. The van der Waals surface area contributed by atoms with Crippen molar-refractivity contribution < 1.29 is 46.7 Å². The second-order valence-corrected chi connectivity index (χ2v) is 48.3. The number of hydrogen-bond donors (Lipinski definition) is 0. The average Bonchev–Trinajstić information content (AvgIpc) is 2.75. The van der Waals surface area contributed by atoms with Crippen molar-refractivity contribution >= 4 is 89.2 Å². The van der Waals surface area contributed by atoms with Crippen molar-refractivity contribution in [1.82, 2.24) is 0 Å². The molecule has 0 spiro atoms. The van der Waals surface area contributed by atoms with Crippen molar-refractivity contribution in [3.05, 3.63) is 0 Å². The van der Waals surface area contributed by atoms with Crippen LogP contribution in [0.2, 0.25) is 61.2 Å². The Morgan fingerprint density at radius 1 is 0.581 bits per heavy atom. The molecule has 0 aromatic heterocycles. The van der Waals surface area contributed by atoms with Gasteiger partial charge in [0.2, 0.25) is 0 Å². The molecule has 0 amide bonds. The van der Waals surface area contributed by atoms with Crippen molar-refractivity contribution in [1.29, 1.82) is 0 Å². The van der Waals surface area contributed by atoms with Crippen molar-refractivity contribution in [3.8, 4) is 22.9 Å². The number of fused-ring (bicyclic) bond motifs is 4. The summed E-state index contributed by atoms with van der Waals surface area (Å²) in [5.41, 5.74) is 6.32. The van der Waals surface area contributed by atoms with E-state index in [9.17, 15) is 0 Å². The van der Waals surface area contributed by atoms with Crippen molar-refractivity contribution in [3.63, 3.8) is 0 Å². The van der Waals surface area contributed by atoms with Crippen LogP contribution in [0.25, 0.3) is 0 Å². The van der Waals surface area contributed by atoms with Crippen LogP contribution in [0.15, 0.2) is 0 Å². The second-order valence-electron chi connectivity index (χ2n) is 12.6. The van der Waals surface area contributed by atoms with Crippen LogP contribution < -0.4 is 0 Å². The first-order valence-corrected chi connectivity index (χ1v) is 39.4. The van der Waals surface area contributed by atoms with Gasteiger partial charge in [0, 0.05) is 0 Å². The molecular weight excluding hydrogens is 800 g/mol. The summed E-state index contributed by atoms with van der Waals surface area (Å²) in [6, 6.07) is 0. The van der Waals surface area contributed by atoms with Crippen LogP contribution >= 0.6 is 0 Å². The molecule has 7 atom stereocenters. The van der Waals surface area contributed by atoms with Gasteiger partial charge in [-0.15, -0.1) is 0 Å². The van der Waals surface area contributed by atoms with E-state index in [0.29, 0.717) is 0 Å². The van der Waals surface area contributed by atoms with Gasteiger partial charge in [0.15, 0.2) is 0 Å². The first-order valence-electron chi connectivity index (χ1n) is 15.0. The Morgan fingerprint density at radius 2 is 1.00 bits per heavy atom. The summed E-state index contributed by atoms with van der Waals surface area (Å²) in [6.07, 6.45) is 3.84. The van der Waals surface area contributed by atoms with Crippen LogP contribution in [0.4, 0.5) is 0 Å². The summed E-state index contributed by atoms with van der Waals surface area (Å²) in [5, 5.41) is 0. The first kappa shape index (κ1) is 37.0. The maximum atomic E-state index is 7.27. The van der Waals surface area contributed by atoms with Crippen molar-refractivity contribution in [2.75, 3.05) is 0 Å². The average molecular weight is 848 g/mol. The van der Waals surface area contributed by atoms with E-state index in [1.54, 1.807) is 33.5 Å². The van der Waals surface area contributed by atoms with Gasteiger partial charge in [-0.3, -0.25) is 0 Å². The molecule has 4 heterocycles. The molecule has 0 aromatic rings. The molecule has 6 bridgehead atoms. The summed E-state index contributed by atoms with van der Waals surface area (Å²) in [7, 11) is -29.0. The Bertz CT molecular complexity index is 1190. The molecule has 4 aliphatic rings. The molecule has 0 radical (unpaired) electrons. The summed E-state index contributed by atoms with van der Waals surface area (Å²) in [4.78, 5) is 0. The maximum absolute atomic E-state index is 7.27. The van der Waals surface area contributed by atoms with E-state index in [1.165, 1.54) is 0 Å². The SMILES string of the molecule is CC#C[Si]1(O[Si](C)(C)C)O[Si]2(C)O[Si]3(C)O[Si]4(C)O[Si](C)(O2)[O][Sn]([CH2]CCC)([CH2]CCC)[O][Si](C)(O4)O[Si](C#CC)(O3)O1. The van der Waals surface area contributed by atoms with Crippen molar-refractivity contribution in [2.45, 2.75) is 115 Å². The Kier molecular flexibility index (Phi) is 11.1. The van der Waals surface area contributed by atoms with E-state index in [-0.39, 0.29) is 0 Å². The predicted octanol–water partition coefficient (Wildman–Crippen LogP) is 4.96.